The number of ether oxygens (including phenoxy) is 1. The van der Waals surface area contributed by atoms with Crippen molar-refractivity contribution in [3.63, 3.8) is 0 Å². The lowest BCUT2D eigenvalue weighted by atomic mass is 10.0. The minimum Gasteiger partial charge on any atom is -0.452 e. The number of halogens is 1. The molecular formula is C15H19ClN2O5S. The molecule has 0 radical (unpaired) electrons. The fourth-order valence-corrected chi connectivity index (χ4v) is 3.28. The third kappa shape index (κ3) is 4.68. The van der Waals surface area contributed by atoms with Crippen molar-refractivity contribution in [1.82, 2.24) is 4.90 Å². The summed E-state index contributed by atoms with van der Waals surface area (Å²) in [6.45, 7) is 2.92. The fraction of sp³-hybridized carbons (Fsp3) is 0.467. The number of rotatable bonds is 4. The molecule has 0 aliphatic carbocycles. The number of hydrogen-bond donors (Lipinski definition) is 1. The molecule has 1 saturated heterocycles. The molecule has 0 saturated carbocycles. The number of piperidine rings is 1. The summed E-state index contributed by atoms with van der Waals surface area (Å²) in [4.78, 5) is 25.6. The third-order valence-corrected chi connectivity index (χ3v) is 5.06. The van der Waals surface area contributed by atoms with Gasteiger partial charge in [-0.25, -0.2) is 18.4 Å². The summed E-state index contributed by atoms with van der Waals surface area (Å²) < 4.78 is 27.7. The number of primary sulfonamides is 1. The van der Waals surface area contributed by atoms with Gasteiger partial charge < -0.3 is 9.64 Å². The molecule has 1 atom stereocenters. The Hall–Kier alpha value is -1.64. The second kappa shape index (κ2) is 7.50. The summed E-state index contributed by atoms with van der Waals surface area (Å²) >= 11 is 5.89. The number of carbonyl (C=O) groups is 2. The van der Waals surface area contributed by atoms with Crippen LogP contribution in [0.2, 0.25) is 5.02 Å². The van der Waals surface area contributed by atoms with E-state index in [4.69, 9.17) is 21.5 Å². The Labute approximate surface area is 145 Å². The van der Waals surface area contributed by atoms with Crippen LogP contribution in [0.15, 0.2) is 23.1 Å². The molecular weight excluding hydrogens is 356 g/mol. The van der Waals surface area contributed by atoms with E-state index >= 15 is 0 Å². The van der Waals surface area contributed by atoms with Crippen LogP contribution in [0, 0.1) is 5.92 Å². The number of sulfonamides is 1. The van der Waals surface area contributed by atoms with Crippen molar-refractivity contribution in [2.45, 2.75) is 24.7 Å². The van der Waals surface area contributed by atoms with Gasteiger partial charge in [0.2, 0.25) is 10.0 Å². The van der Waals surface area contributed by atoms with Crippen LogP contribution < -0.4 is 5.14 Å². The molecule has 1 aromatic carbocycles. The van der Waals surface area contributed by atoms with Crippen LogP contribution in [0.25, 0.3) is 0 Å². The molecule has 0 aromatic heterocycles. The van der Waals surface area contributed by atoms with E-state index in [9.17, 15) is 18.0 Å². The van der Waals surface area contributed by atoms with Crippen LogP contribution in [0.3, 0.4) is 0 Å². The maximum atomic E-state index is 12.1. The molecule has 132 valence electrons. The zero-order valence-corrected chi connectivity index (χ0v) is 14.8. The van der Waals surface area contributed by atoms with E-state index in [1.807, 2.05) is 0 Å². The lowest BCUT2D eigenvalue weighted by Gasteiger charge is -2.30. The molecule has 1 aliphatic rings. The van der Waals surface area contributed by atoms with Gasteiger partial charge in [-0.3, -0.25) is 4.79 Å². The van der Waals surface area contributed by atoms with E-state index in [-0.39, 0.29) is 21.4 Å². The summed E-state index contributed by atoms with van der Waals surface area (Å²) in [5.74, 6) is -0.739. The summed E-state index contributed by atoms with van der Waals surface area (Å²) in [5, 5.41) is 5.04. The highest BCUT2D eigenvalue weighted by molar-refractivity contribution is 7.89. The van der Waals surface area contributed by atoms with Crippen molar-refractivity contribution < 1.29 is 22.7 Å². The molecule has 9 heteroatoms. The number of amides is 1. The second-order valence-corrected chi connectivity index (χ2v) is 7.82. The highest BCUT2D eigenvalue weighted by Crippen LogP contribution is 2.21. The number of esters is 1. The monoisotopic (exact) mass is 374 g/mol. The van der Waals surface area contributed by atoms with Crippen LogP contribution in [0.5, 0.6) is 0 Å². The van der Waals surface area contributed by atoms with E-state index in [0.29, 0.717) is 19.0 Å². The van der Waals surface area contributed by atoms with Crippen molar-refractivity contribution in [3.05, 3.63) is 28.8 Å². The van der Waals surface area contributed by atoms with Crippen molar-refractivity contribution in [1.29, 1.82) is 0 Å². The Morgan fingerprint density at radius 2 is 2.12 bits per heavy atom. The highest BCUT2D eigenvalue weighted by atomic mass is 35.5. The van der Waals surface area contributed by atoms with Gasteiger partial charge >= 0.3 is 5.97 Å². The Balaban J connectivity index is 2.03. The fourth-order valence-electron chi connectivity index (χ4n) is 2.55. The zero-order valence-electron chi connectivity index (χ0n) is 13.2. The number of benzene rings is 1. The molecule has 2 rings (SSSR count). The average Bonchev–Trinajstić information content (AvgIpc) is 2.51. The van der Waals surface area contributed by atoms with E-state index in [1.165, 1.54) is 12.1 Å². The smallest absolute Gasteiger partial charge is 0.340 e. The van der Waals surface area contributed by atoms with E-state index in [2.05, 4.69) is 6.92 Å². The van der Waals surface area contributed by atoms with Crippen LogP contribution in [-0.4, -0.2) is 44.9 Å². The second-order valence-electron chi connectivity index (χ2n) is 5.85. The van der Waals surface area contributed by atoms with Crippen molar-refractivity contribution in [3.8, 4) is 0 Å². The van der Waals surface area contributed by atoms with E-state index in [1.54, 1.807) is 4.90 Å². The predicted octanol–water partition coefficient (Wildman–Crippen LogP) is 1.40. The molecule has 1 amide bonds. The van der Waals surface area contributed by atoms with Crippen LogP contribution in [-0.2, 0) is 19.6 Å². The Morgan fingerprint density at radius 3 is 2.75 bits per heavy atom. The van der Waals surface area contributed by atoms with Crippen molar-refractivity contribution >= 4 is 33.5 Å². The Morgan fingerprint density at radius 1 is 1.42 bits per heavy atom. The Bertz CT molecular complexity index is 750. The molecule has 0 spiro atoms. The molecule has 1 unspecified atom stereocenters. The molecule has 24 heavy (non-hydrogen) atoms. The molecule has 1 aliphatic heterocycles. The lowest BCUT2D eigenvalue weighted by molar-refractivity contribution is -0.136. The lowest BCUT2D eigenvalue weighted by Crippen LogP contribution is -2.41. The van der Waals surface area contributed by atoms with Gasteiger partial charge in [-0.05, 0) is 37.0 Å². The molecule has 1 fully saturated rings. The van der Waals surface area contributed by atoms with Gasteiger partial charge in [-0.1, -0.05) is 18.5 Å². The van der Waals surface area contributed by atoms with Gasteiger partial charge in [0.15, 0.2) is 6.61 Å². The largest absolute Gasteiger partial charge is 0.452 e. The summed E-state index contributed by atoms with van der Waals surface area (Å²) in [6.07, 6.45) is 1.99. The molecule has 2 N–H and O–H groups in total. The van der Waals surface area contributed by atoms with Gasteiger partial charge in [0.05, 0.1) is 15.5 Å². The number of likely N-dealkylation sites (tertiary alicyclic amines) is 1. The zero-order chi connectivity index (χ0) is 17.9. The average molecular weight is 375 g/mol. The number of nitrogens with two attached hydrogens (primary N) is 1. The number of carbonyl (C=O) groups excluding carboxylic acids is 2. The quantitative estimate of drug-likeness (QED) is 0.801. The first-order valence-corrected chi connectivity index (χ1v) is 9.38. The minimum atomic E-state index is -3.97. The first kappa shape index (κ1) is 18.7. The normalized spacial score (nSPS) is 18.3. The van der Waals surface area contributed by atoms with Gasteiger partial charge in [-0.2, -0.15) is 0 Å². The standard InChI is InChI=1S/C15H19ClN2O5S/c1-10-3-2-6-18(8-10)14(19)9-23-15(20)12-7-11(24(17,21)22)4-5-13(12)16/h4-5,7,10H,2-3,6,8-9H2,1H3,(H2,17,21,22). The minimum absolute atomic E-state index is 0.0199. The predicted molar refractivity (Wildman–Crippen MR) is 88.1 cm³/mol. The molecule has 0 bridgehead atoms. The van der Waals surface area contributed by atoms with Gasteiger partial charge in [0, 0.05) is 13.1 Å². The topological polar surface area (TPSA) is 107 Å². The van der Waals surface area contributed by atoms with Crippen LogP contribution in [0.4, 0.5) is 0 Å². The number of hydrogen-bond acceptors (Lipinski definition) is 5. The van der Waals surface area contributed by atoms with E-state index < -0.39 is 22.6 Å². The Kier molecular flexibility index (Phi) is 5.84. The van der Waals surface area contributed by atoms with Crippen LogP contribution in [0.1, 0.15) is 30.1 Å². The number of nitrogens with zero attached hydrogens (tertiary/aromatic N) is 1. The van der Waals surface area contributed by atoms with Crippen molar-refractivity contribution in [2.75, 3.05) is 19.7 Å². The van der Waals surface area contributed by atoms with Gasteiger partial charge in [0.25, 0.3) is 5.91 Å². The van der Waals surface area contributed by atoms with Gasteiger partial charge in [-0.15, -0.1) is 0 Å². The third-order valence-electron chi connectivity index (χ3n) is 3.82. The van der Waals surface area contributed by atoms with Crippen LogP contribution >= 0.6 is 11.6 Å². The van der Waals surface area contributed by atoms with Gasteiger partial charge in [0.1, 0.15) is 0 Å². The van der Waals surface area contributed by atoms with Crippen molar-refractivity contribution in [2.24, 2.45) is 11.1 Å². The van der Waals surface area contributed by atoms with E-state index in [0.717, 1.165) is 18.9 Å². The summed E-state index contributed by atoms with van der Waals surface area (Å²) in [7, 11) is -3.97. The summed E-state index contributed by atoms with van der Waals surface area (Å²) in [6, 6.07) is 3.47. The maximum absolute atomic E-state index is 12.1. The maximum Gasteiger partial charge on any atom is 0.340 e. The highest BCUT2D eigenvalue weighted by Gasteiger charge is 2.23. The SMILES string of the molecule is CC1CCCN(C(=O)COC(=O)c2cc(S(N)(=O)=O)ccc2Cl)C1. The molecule has 1 aromatic rings. The molecule has 1 heterocycles. The molecule has 7 nitrogen and oxygen atoms in total. The summed E-state index contributed by atoms with van der Waals surface area (Å²) in [5.41, 5.74) is -0.150. The first-order valence-electron chi connectivity index (χ1n) is 7.45. The first-order chi connectivity index (χ1) is 11.2.